The Hall–Kier alpha value is -3.28. The number of carbonyl (C=O) groups excluding carboxylic acids is 1. The number of rotatable bonds is 6. The Kier molecular flexibility index (Phi) is 5.53. The molecule has 134 valence electrons. The van der Waals surface area contributed by atoms with E-state index in [1.54, 1.807) is 29.9 Å². The molecule has 6 heteroatoms. The lowest BCUT2D eigenvalue weighted by molar-refractivity contribution is 0.206. The van der Waals surface area contributed by atoms with Crippen molar-refractivity contribution >= 4 is 6.03 Å². The Balaban J connectivity index is 1.53. The van der Waals surface area contributed by atoms with E-state index >= 15 is 0 Å². The zero-order valence-corrected chi connectivity index (χ0v) is 14.9. The molecule has 2 amide bonds. The van der Waals surface area contributed by atoms with E-state index in [-0.39, 0.29) is 6.03 Å². The molecule has 0 aliphatic heterocycles. The largest absolute Gasteiger partial charge is 0.497 e. The van der Waals surface area contributed by atoms with Gasteiger partial charge in [-0.05, 0) is 29.8 Å². The molecule has 0 radical (unpaired) electrons. The summed E-state index contributed by atoms with van der Waals surface area (Å²) < 4.78 is 6.93. The molecule has 1 heterocycles. The summed E-state index contributed by atoms with van der Waals surface area (Å²) in [6, 6.07) is 17.4. The third-order valence-corrected chi connectivity index (χ3v) is 4.03. The van der Waals surface area contributed by atoms with Gasteiger partial charge >= 0.3 is 6.03 Å². The van der Waals surface area contributed by atoms with Crippen LogP contribution in [0.3, 0.4) is 0 Å². The van der Waals surface area contributed by atoms with Crippen molar-refractivity contribution in [3.8, 4) is 11.4 Å². The maximum absolute atomic E-state index is 12.3. The first kappa shape index (κ1) is 17.5. The predicted octanol–water partition coefficient (Wildman–Crippen LogP) is 3.22. The summed E-state index contributed by atoms with van der Waals surface area (Å²) in [5.41, 5.74) is 2.98. The van der Waals surface area contributed by atoms with Crippen LogP contribution in [0.25, 0.3) is 5.69 Å². The summed E-state index contributed by atoms with van der Waals surface area (Å²) in [6.45, 7) is 0.956. The molecule has 0 aliphatic carbocycles. The molecule has 0 fully saturated rings. The molecule has 3 aromatic rings. The molecule has 0 spiro atoms. The van der Waals surface area contributed by atoms with Gasteiger partial charge in [0.25, 0.3) is 0 Å². The lowest BCUT2D eigenvalue weighted by Gasteiger charge is -2.17. The number of urea groups is 1. The maximum Gasteiger partial charge on any atom is 0.317 e. The van der Waals surface area contributed by atoms with Crippen LogP contribution >= 0.6 is 0 Å². The first-order valence-corrected chi connectivity index (χ1v) is 8.36. The zero-order valence-electron chi connectivity index (χ0n) is 14.9. The smallest absolute Gasteiger partial charge is 0.317 e. The number of carbonyl (C=O) groups is 1. The highest BCUT2D eigenvalue weighted by molar-refractivity contribution is 5.73. The standard InChI is InChI=1S/C20H22N4O2/c1-23(20(25)21-12-16-8-10-19(26-2)11-9-16)14-17-13-22-24(15-17)18-6-4-3-5-7-18/h3-11,13,15H,12,14H2,1-2H3,(H,21,25). The number of nitrogens with zero attached hydrogens (tertiary/aromatic N) is 3. The quantitative estimate of drug-likeness (QED) is 0.742. The third-order valence-electron chi connectivity index (χ3n) is 4.03. The number of aromatic nitrogens is 2. The number of benzene rings is 2. The SMILES string of the molecule is COc1ccc(CNC(=O)N(C)Cc2cnn(-c3ccccc3)c2)cc1. The number of hydrogen-bond acceptors (Lipinski definition) is 3. The van der Waals surface area contributed by atoms with Crippen LogP contribution in [0, 0.1) is 0 Å². The number of para-hydroxylation sites is 1. The van der Waals surface area contributed by atoms with Crippen molar-refractivity contribution in [1.29, 1.82) is 0 Å². The number of hydrogen-bond donors (Lipinski definition) is 1. The first-order valence-electron chi connectivity index (χ1n) is 8.36. The van der Waals surface area contributed by atoms with Crippen LogP contribution in [0.5, 0.6) is 5.75 Å². The van der Waals surface area contributed by atoms with Gasteiger partial charge in [-0.2, -0.15) is 5.10 Å². The minimum atomic E-state index is -0.131. The Morgan fingerprint density at radius 3 is 2.54 bits per heavy atom. The first-order chi connectivity index (χ1) is 12.7. The van der Waals surface area contributed by atoms with Gasteiger partial charge in [0, 0.05) is 25.4 Å². The van der Waals surface area contributed by atoms with Crippen LogP contribution in [0.2, 0.25) is 0 Å². The van der Waals surface area contributed by atoms with E-state index < -0.39 is 0 Å². The van der Waals surface area contributed by atoms with E-state index in [2.05, 4.69) is 10.4 Å². The molecule has 0 saturated carbocycles. The van der Waals surface area contributed by atoms with Gasteiger partial charge in [-0.1, -0.05) is 30.3 Å². The molecule has 0 unspecified atom stereocenters. The lowest BCUT2D eigenvalue weighted by Crippen LogP contribution is -2.36. The Morgan fingerprint density at radius 1 is 1.12 bits per heavy atom. The van der Waals surface area contributed by atoms with Crippen LogP contribution in [0.4, 0.5) is 4.79 Å². The van der Waals surface area contributed by atoms with E-state index in [9.17, 15) is 4.79 Å². The van der Waals surface area contributed by atoms with Crippen LogP contribution in [-0.4, -0.2) is 34.9 Å². The summed E-state index contributed by atoms with van der Waals surface area (Å²) in [4.78, 5) is 13.9. The van der Waals surface area contributed by atoms with E-state index in [1.165, 1.54) is 0 Å². The van der Waals surface area contributed by atoms with Gasteiger partial charge in [0.1, 0.15) is 5.75 Å². The summed E-state index contributed by atoms with van der Waals surface area (Å²) >= 11 is 0. The Bertz CT molecular complexity index is 844. The van der Waals surface area contributed by atoms with E-state index in [0.29, 0.717) is 13.1 Å². The summed E-state index contributed by atoms with van der Waals surface area (Å²) in [6.07, 6.45) is 3.71. The average molecular weight is 350 g/mol. The van der Waals surface area contributed by atoms with Crippen LogP contribution in [0.1, 0.15) is 11.1 Å². The van der Waals surface area contributed by atoms with Gasteiger partial charge in [-0.25, -0.2) is 9.48 Å². The second-order valence-corrected chi connectivity index (χ2v) is 5.99. The molecule has 0 bridgehead atoms. The lowest BCUT2D eigenvalue weighted by atomic mass is 10.2. The van der Waals surface area contributed by atoms with Gasteiger partial charge in [0.05, 0.1) is 25.5 Å². The van der Waals surface area contributed by atoms with Crippen molar-refractivity contribution in [3.05, 3.63) is 78.1 Å². The van der Waals surface area contributed by atoms with Gasteiger partial charge in [0.15, 0.2) is 0 Å². The number of methoxy groups -OCH3 is 1. The van der Waals surface area contributed by atoms with Gasteiger partial charge in [0.2, 0.25) is 0 Å². The van der Waals surface area contributed by atoms with Crippen LogP contribution in [0.15, 0.2) is 67.0 Å². The second-order valence-electron chi connectivity index (χ2n) is 5.99. The fraction of sp³-hybridized carbons (Fsp3) is 0.200. The molecule has 0 atom stereocenters. The second kappa shape index (κ2) is 8.20. The highest BCUT2D eigenvalue weighted by Crippen LogP contribution is 2.12. The summed E-state index contributed by atoms with van der Waals surface area (Å²) in [5, 5.41) is 7.27. The predicted molar refractivity (Wildman–Crippen MR) is 100 cm³/mol. The minimum absolute atomic E-state index is 0.131. The molecule has 0 aliphatic rings. The highest BCUT2D eigenvalue weighted by atomic mass is 16.5. The topological polar surface area (TPSA) is 59.4 Å². The van der Waals surface area contributed by atoms with Gasteiger partial charge in [-0.3, -0.25) is 0 Å². The normalized spacial score (nSPS) is 10.4. The van der Waals surface area contributed by atoms with Crippen molar-refractivity contribution in [1.82, 2.24) is 20.0 Å². The zero-order chi connectivity index (χ0) is 18.4. The van der Waals surface area contributed by atoms with Crippen LogP contribution in [-0.2, 0) is 13.1 Å². The highest BCUT2D eigenvalue weighted by Gasteiger charge is 2.10. The molecule has 1 N–H and O–H groups in total. The van der Waals surface area contributed by atoms with Crippen molar-refractivity contribution < 1.29 is 9.53 Å². The van der Waals surface area contributed by atoms with E-state index in [0.717, 1.165) is 22.6 Å². The van der Waals surface area contributed by atoms with E-state index in [1.807, 2.05) is 60.8 Å². The summed E-state index contributed by atoms with van der Waals surface area (Å²) in [7, 11) is 3.40. The van der Waals surface area contributed by atoms with E-state index in [4.69, 9.17) is 4.74 Å². The average Bonchev–Trinajstić information content (AvgIpc) is 3.15. The number of ether oxygens (including phenoxy) is 1. The minimum Gasteiger partial charge on any atom is -0.497 e. The van der Waals surface area contributed by atoms with Crippen molar-refractivity contribution in [2.45, 2.75) is 13.1 Å². The molecular formula is C20H22N4O2. The number of amides is 2. The van der Waals surface area contributed by atoms with Gasteiger partial charge in [-0.15, -0.1) is 0 Å². The fourth-order valence-corrected chi connectivity index (χ4v) is 2.57. The Labute approximate surface area is 153 Å². The monoisotopic (exact) mass is 350 g/mol. The molecule has 0 saturated heterocycles. The molecule has 6 nitrogen and oxygen atoms in total. The fourth-order valence-electron chi connectivity index (χ4n) is 2.57. The Morgan fingerprint density at radius 2 is 1.85 bits per heavy atom. The van der Waals surface area contributed by atoms with Gasteiger partial charge < -0.3 is 15.0 Å². The molecule has 3 rings (SSSR count). The molecular weight excluding hydrogens is 328 g/mol. The van der Waals surface area contributed by atoms with Crippen molar-refractivity contribution in [2.75, 3.05) is 14.2 Å². The number of nitrogens with one attached hydrogen (secondary N) is 1. The maximum atomic E-state index is 12.3. The van der Waals surface area contributed by atoms with Crippen molar-refractivity contribution in [2.24, 2.45) is 0 Å². The van der Waals surface area contributed by atoms with Crippen molar-refractivity contribution in [3.63, 3.8) is 0 Å². The molecule has 26 heavy (non-hydrogen) atoms. The summed E-state index contributed by atoms with van der Waals surface area (Å²) in [5.74, 6) is 0.799. The molecule has 1 aromatic heterocycles. The molecule has 2 aromatic carbocycles. The van der Waals surface area contributed by atoms with Crippen LogP contribution < -0.4 is 10.1 Å². The third kappa shape index (κ3) is 4.42.